The summed E-state index contributed by atoms with van der Waals surface area (Å²) >= 11 is 0. The highest BCUT2D eigenvalue weighted by molar-refractivity contribution is 5.97. The molecule has 2 aromatic carbocycles. The number of hydrogen-bond donors (Lipinski definition) is 0. The van der Waals surface area contributed by atoms with Crippen LogP contribution in [0.4, 0.5) is 0 Å². The van der Waals surface area contributed by atoms with Gasteiger partial charge in [0.1, 0.15) is 6.10 Å². The molecule has 0 radical (unpaired) electrons. The molecule has 2 nitrogen and oxygen atoms in total. The third-order valence-corrected chi connectivity index (χ3v) is 6.25. The molecule has 0 spiro atoms. The molecule has 1 unspecified atom stereocenters. The van der Waals surface area contributed by atoms with E-state index in [1.165, 1.54) is 66.8 Å². The van der Waals surface area contributed by atoms with Crippen LogP contribution in [0.2, 0.25) is 0 Å². The summed E-state index contributed by atoms with van der Waals surface area (Å²) < 4.78 is 5.84. The predicted octanol–water partition coefficient (Wildman–Crippen LogP) is 8.32. The molecular formula is C28H38O2. The Kier molecular flexibility index (Phi) is 8.99. The molecule has 0 bridgehead atoms. The van der Waals surface area contributed by atoms with Crippen molar-refractivity contribution in [1.29, 1.82) is 0 Å². The molecule has 2 aromatic rings. The molecule has 30 heavy (non-hydrogen) atoms. The Morgan fingerprint density at radius 2 is 1.60 bits per heavy atom. The van der Waals surface area contributed by atoms with E-state index < -0.39 is 0 Å². The lowest BCUT2D eigenvalue weighted by atomic mass is 9.87. The van der Waals surface area contributed by atoms with E-state index in [2.05, 4.69) is 56.3 Å². The van der Waals surface area contributed by atoms with Crippen LogP contribution in [-0.4, -0.2) is 5.97 Å². The highest BCUT2D eigenvalue weighted by atomic mass is 16.5. The van der Waals surface area contributed by atoms with Crippen molar-refractivity contribution in [3.8, 4) is 0 Å². The van der Waals surface area contributed by atoms with E-state index in [4.69, 9.17) is 4.74 Å². The molecule has 0 aromatic heterocycles. The highest BCUT2D eigenvalue weighted by Gasteiger charge is 2.22. The van der Waals surface area contributed by atoms with E-state index in [0.717, 1.165) is 31.2 Å². The first-order valence-corrected chi connectivity index (χ1v) is 12.2. The minimum atomic E-state index is -0.260. The van der Waals surface area contributed by atoms with Gasteiger partial charge >= 0.3 is 5.97 Å². The van der Waals surface area contributed by atoms with Gasteiger partial charge in [-0.3, -0.25) is 4.79 Å². The zero-order valence-electron chi connectivity index (χ0n) is 18.9. The fourth-order valence-electron chi connectivity index (χ4n) is 4.51. The number of benzene rings is 2. The van der Waals surface area contributed by atoms with Crippen molar-refractivity contribution in [1.82, 2.24) is 0 Å². The predicted molar refractivity (Wildman–Crippen MR) is 128 cm³/mol. The first kappa shape index (κ1) is 22.6. The van der Waals surface area contributed by atoms with E-state index in [9.17, 15) is 4.79 Å². The average Bonchev–Trinajstić information content (AvgIpc) is 2.76. The Balaban J connectivity index is 1.67. The molecule has 2 heteroatoms. The molecule has 0 saturated carbocycles. The number of hydrogen-bond acceptors (Lipinski definition) is 2. The average molecular weight is 407 g/mol. The number of carbonyl (C=O) groups is 1. The zero-order chi connectivity index (χ0) is 21.2. The Bertz CT molecular complexity index is 849. The van der Waals surface area contributed by atoms with Gasteiger partial charge in [0.2, 0.25) is 0 Å². The molecule has 0 aliphatic heterocycles. The first-order chi connectivity index (χ1) is 14.7. The van der Waals surface area contributed by atoms with E-state index >= 15 is 0 Å². The quantitative estimate of drug-likeness (QED) is 0.247. The summed E-state index contributed by atoms with van der Waals surface area (Å²) in [5.74, 6) is -0.0854. The Labute approximate surface area is 182 Å². The van der Waals surface area contributed by atoms with Crippen LogP contribution in [0.5, 0.6) is 0 Å². The second-order valence-corrected chi connectivity index (χ2v) is 8.68. The van der Waals surface area contributed by atoms with Crippen LogP contribution in [0.15, 0.2) is 36.4 Å². The number of rotatable bonds is 13. The van der Waals surface area contributed by atoms with E-state index in [-0.39, 0.29) is 12.1 Å². The summed E-state index contributed by atoms with van der Waals surface area (Å²) in [6.07, 6.45) is 18.1. The number of unbranched alkanes of at least 4 members (excludes halogenated alkanes) is 8. The Morgan fingerprint density at radius 1 is 0.867 bits per heavy atom. The summed E-state index contributed by atoms with van der Waals surface area (Å²) in [6.45, 7) is 4.42. The maximum Gasteiger partial charge on any atom is 0.306 e. The van der Waals surface area contributed by atoms with Crippen molar-refractivity contribution in [3.05, 3.63) is 53.1 Å². The molecule has 1 aliphatic carbocycles. The summed E-state index contributed by atoms with van der Waals surface area (Å²) in [5, 5.41) is 2.51. The smallest absolute Gasteiger partial charge is 0.306 e. The molecule has 0 heterocycles. The molecule has 3 rings (SSSR count). The first-order valence-electron chi connectivity index (χ1n) is 12.2. The largest absolute Gasteiger partial charge is 0.453 e. The minimum absolute atomic E-state index is 0.0854. The van der Waals surface area contributed by atoms with Crippen LogP contribution in [0, 0.1) is 0 Å². The van der Waals surface area contributed by atoms with Gasteiger partial charge in [0.25, 0.3) is 0 Å². The topological polar surface area (TPSA) is 26.3 Å². The number of ether oxygens (including phenoxy) is 1. The van der Waals surface area contributed by atoms with Crippen molar-refractivity contribution in [3.63, 3.8) is 0 Å². The van der Waals surface area contributed by atoms with E-state index in [0.29, 0.717) is 6.42 Å². The van der Waals surface area contributed by atoms with Crippen LogP contribution < -0.4 is 0 Å². The van der Waals surface area contributed by atoms with E-state index in [1.807, 2.05) is 0 Å². The lowest BCUT2D eigenvalue weighted by Crippen LogP contribution is -2.12. The van der Waals surface area contributed by atoms with Crippen LogP contribution in [0.1, 0.15) is 107 Å². The van der Waals surface area contributed by atoms with Gasteiger partial charge in [-0.15, -0.1) is 0 Å². The molecule has 162 valence electrons. The van der Waals surface area contributed by atoms with Gasteiger partial charge in [0, 0.05) is 12.0 Å². The van der Waals surface area contributed by atoms with Crippen molar-refractivity contribution in [2.75, 3.05) is 0 Å². The van der Waals surface area contributed by atoms with Crippen LogP contribution in [0.25, 0.3) is 16.8 Å². The lowest BCUT2D eigenvalue weighted by molar-refractivity contribution is -0.147. The van der Waals surface area contributed by atoms with Crippen molar-refractivity contribution < 1.29 is 9.53 Å². The van der Waals surface area contributed by atoms with Crippen LogP contribution in [-0.2, 0) is 16.0 Å². The Morgan fingerprint density at radius 3 is 2.40 bits per heavy atom. The zero-order valence-corrected chi connectivity index (χ0v) is 18.9. The van der Waals surface area contributed by atoms with Crippen LogP contribution >= 0.6 is 0 Å². The van der Waals surface area contributed by atoms with Crippen LogP contribution in [0.3, 0.4) is 0 Å². The summed E-state index contributed by atoms with van der Waals surface area (Å²) in [4.78, 5) is 12.3. The van der Waals surface area contributed by atoms with Gasteiger partial charge in [-0.25, -0.2) is 0 Å². The van der Waals surface area contributed by atoms with Gasteiger partial charge in [-0.1, -0.05) is 102 Å². The van der Waals surface area contributed by atoms with Crippen molar-refractivity contribution in [2.45, 2.75) is 97.0 Å². The highest BCUT2D eigenvalue weighted by Crippen LogP contribution is 2.37. The molecule has 0 fully saturated rings. The van der Waals surface area contributed by atoms with Crippen molar-refractivity contribution in [2.24, 2.45) is 0 Å². The Hall–Kier alpha value is -2.09. The van der Waals surface area contributed by atoms with Gasteiger partial charge in [0.15, 0.2) is 0 Å². The second-order valence-electron chi connectivity index (χ2n) is 8.68. The van der Waals surface area contributed by atoms with Gasteiger partial charge < -0.3 is 4.74 Å². The van der Waals surface area contributed by atoms with Gasteiger partial charge in [-0.2, -0.15) is 0 Å². The summed E-state index contributed by atoms with van der Waals surface area (Å²) in [7, 11) is 0. The number of aryl methyl sites for hydroxylation is 1. The second kappa shape index (κ2) is 11.9. The summed E-state index contributed by atoms with van der Waals surface area (Å²) in [6, 6.07) is 10.9. The molecule has 0 saturated heterocycles. The van der Waals surface area contributed by atoms with Gasteiger partial charge in [0.05, 0.1) is 0 Å². The third-order valence-electron chi connectivity index (χ3n) is 6.25. The van der Waals surface area contributed by atoms with Gasteiger partial charge in [-0.05, 0) is 47.2 Å². The number of carbonyl (C=O) groups excluding carboxylic acids is 1. The third kappa shape index (κ3) is 5.97. The lowest BCUT2D eigenvalue weighted by Gasteiger charge is -2.23. The molecule has 1 aliphatic rings. The molecule has 0 N–H and O–H groups in total. The van der Waals surface area contributed by atoms with E-state index in [1.54, 1.807) is 0 Å². The maximum atomic E-state index is 12.3. The standard InChI is InChI=1S/C28H38O2/c1-3-5-7-8-9-10-12-14-22-18-19-23-15-13-16-25-26(21-20-24(22)28(23)25)30-27(29)17-11-6-4-2/h13,15-16,18-21,26H,3-12,14,17H2,1-2H3. The fourth-order valence-corrected chi connectivity index (χ4v) is 4.51. The minimum Gasteiger partial charge on any atom is -0.453 e. The number of esters is 1. The maximum absolute atomic E-state index is 12.3. The monoisotopic (exact) mass is 406 g/mol. The summed E-state index contributed by atoms with van der Waals surface area (Å²) in [5.41, 5.74) is 3.88. The molecule has 1 atom stereocenters. The normalized spacial score (nSPS) is 14.9. The molecule has 0 amide bonds. The van der Waals surface area contributed by atoms with Crippen molar-refractivity contribution >= 4 is 22.8 Å². The fraction of sp³-hybridized carbons (Fsp3) is 0.536. The SMILES string of the molecule is CCCCCCCCCc1ccc2cccc3c2c1C=CC3OC(=O)CCCCC. The molecular weight excluding hydrogens is 368 g/mol.